The van der Waals surface area contributed by atoms with Gasteiger partial charge in [0, 0.05) is 21.8 Å². The molecule has 3 rings (SSSR count). The van der Waals surface area contributed by atoms with Crippen LogP contribution in [0.3, 0.4) is 0 Å². The van der Waals surface area contributed by atoms with E-state index in [1.165, 1.54) is 0 Å². The molecule has 0 aliphatic heterocycles. The molecule has 4 nitrogen and oxygen atoms in total. The van der Waals surface area contributed by atoms with Gasteiger partial charge in [-0.25, -0.2) is 0 Å². The highest BCUT2D eigenvalue weighted by Gasteiger charge is 2.09. The van der Waals surface area contributed by atoms with E-state index < -0.39 is 6.10 Å². The molecule has 3 aromatic rings. The number of ether oxygens (including phenoxy) is 1. The third kappa shape index (κ3) is 4.51. The van der Waals surface area contributed by atoms with E-state index in [0.717, 1.165) is 11.3 Å². The molecule has 6 heteroatoms. The van der Waals surface area contributed by atoms with Crippen LogP contribution in [0.1, 0.15) is 0 Å². The topological polar surface area (TPSA) is 47.3 Å². The number of aliphatic hydroxyl groups is 1. The number of nitrogens with zero attached hydrogens (tertiary/aromatic N) is 2. The monoisotopic (exact) mass is 362 g/mol. The summed E-state index contributed by atoms with van der Waals surface area (Å²) in [5.41, 5.74) is 1.81. The van der Waals surface area contributed by atoms with E-state index in [1.807, 2.05) is 36.5 Å². The van der Waals surface area contributed by atoms with Gasteiger partial charge in [-0.3, -0.25) is 4.68 Å². The lowest BCUT2D eigenvalue weighted by Crippen LogP contribution is -2.23. The third-order valence-corrected chi connectivity index (χ3v) is 3.94. The molecule has 0 saturated carbocycles. The molecule has 0 aliphatic rings. The van der Waals surface area contributed by atoms with Crippen LogP contribution >= 0.6 is 23.2 Å². The van der Waals surface area contributed by atoms with Crippen molar-refractivity contribution in [2.24, 2.45) is 0 Å². The molecular formula is C18H16Cl2N2O2. The molecule has 2 aromatic carbocycles. The van der Waals surface area contributed by atoms with Crippen LogP contribution in [0.15, 0.2) is 60.8 Å². The molecule has 0 bridgehead atoms. The van der Waals surface area contributed by atoms with Crippen molar-refractivity contribution in [1.82, 2.24) is 9.78 Å². The molecule has 0 saturated heterocycles. The zero-order chi connectivity index (χ0) is 16.9. The first kappa shape index (κ1) is 16.8. The highest BCUT2D eigenvalue weighted by Crippen LogP contribution is 2.20. The summed E-state index contributed by atoms with van der Waals surface area (Å²) in [6.07, 6.45) is 1.16. The van der Waals surface area contributed by atoms with Gasteiger partial charge < -0.3 is 9.84 Å². The van der Waals surface area contributed by atoms with Gasteiger partial charge in [0.15, 0.2) is 0 Å². The fourth-order valence-corrected chi connectivity index (χ4v) is 2.48. The molecule has 1 unspecified atom stereocenters. The predicted molar refractivity (Wildman–Crippen MR) is 95.6 cm³/mol. The lowest BCUT2D eigenvalue weighted by molar-refractivity contribution is 0.0894. The Bertz CT molecular complexity index is 786. The van der Waals surface area contributed by atoms with Crippen LogP contribution in [0.2, 0.25) is 10.0 Å². The fourth-order valence-electron chi connectivity index (χ4n) is 2.23. The summed E-state index contributed by atoms with van der Waals surface area (Å²) in [4.78, 5) is 0. The van der Waals surface area contributed by atoms with E-state index in [9.17, 15) is 5.11 Å². The standard InChI is InChI=1S/C18H16Cl2N2O2/c19-14-3-1-13(2-4-14)18-9-10-22(21-18)11-16(23)12-24-17-7-5-15(20)6-8-17/h1-10,16,23H,11-12H2. The Labute approximate surface area is 150 Å². The number of halogens is 2. The summed E-state index contributed by atoms with van der Waals surface area (Å²) in [6, 6.07) is 16.4. The molecular weight excluding hydrogens is 347 g/mol. The van der Waals surface area contributed by atoms with Gasteiger partial charge in [0.25, 0.3) is 0 Å². The molecule has 0 radical (unpaired) electrons. The minimum Gasteiger partial charge on any atom is -0.491 e. The van der Waals surface area contributed by atoms with Gasteiger partial charge in [0.1, 0.15) is 18.5 Å². The first-order chi connectivity index (χ1) is 11.6. The zero-order valence-electron chi connectivity index (χ0n) is 12.8. The molecule has 1 atom stereocenters. The average Bonchev–Trinajstić information content (AvgIpc) is 3.03. The summed E-state index contributed by atoms with van der Waals surface area (Å²) >= 11 is 11.7. The van der Waals surface area contributed by atoms with Crippen molar-refractivity contribution in [3.05, 3.63) is 70.8 Å². The van der Waals surface area contributed by atoms with Crippen molar-refractivity contribution in [2.45, 2.75) is 12.6 Å². The second-order valence-corrected chi connectivity index (χ2v) is 6.22. The molecule has 1 aromatic heterocycles. The summed E-state index contributed by atoms with van der Waals surface area (Å²) in [7, 11) is 0. The molecule has 1 heterocycles. The van der Waals surface area contributed by atoms with Crippen LogP contribution in [-0.4, -0.2) is 27.6 Å². The van der Waals surface area contributed by atoms with Crippen LogP contribution in [0.25, 0.3) is 11.3 Å². The van der Waals surface area contributed by atoms with Crippen molar-refractivity contribution in [1.29, 1.82) is 0 Å². The van der Waals surface area contributed by atoms with Gasteiger partial charge in [-0.05, 0) is 42.5 Å². The van der Waals surface area contributed by atoms with Gasteiger partial charge in [-0.1, -0.05) is 35.3 Å². The molecule has 0 spiro atoms. The number of benzene rings is 2. The van der Waals surface area contributed by atoms with Crippen LogP contribution < -0.4 is 4.74 Å². The summed E-state index contributed by atoms with van der Waals surface area (Å²) in [5, 5.41) is 15.9. The van der Waals surface area contributed by atoms with Crippen molar-refractivity contribution < 1.29 is 9.84 Å². The molecule has 1 N–H and O–H groups in total. The number of rotatable bonds is 6. The third-order valence-electron chi connectivity index (χ3n) is 3.43. The smallest absolute Gasteiger partial charge is 0.119 e. The van der Waals surface area contributed by atoms with Gasteiger partial charge in [0.2, 0.25) is 0 Å². The SMILES string of the molecule is OC(COc1ccc(Cl)cc1)Cn1ccc(-c2ccc(Cl)cc2)n1. The Kier molecular flexibility index (Phi) is 5.41. The van der Waals surface area contributed by atoms with Crippen molar-refractivity contribution in [2.75, 3.05) is 6.61 Å². The normalized spacial score (nSPS) is 12.1. The Morgan fingerprint density at radius 3 is 2.25 bits per heavy atom. The number of aliphatic hydroxyl groups excluding tert-OH is 1. The second kappa shape index (κ2) is 7.71. The summed E-state index contributed by atoms with van der Waals surface area (Å²) < 4.78 is 7.23. The Morgan fingerprint density at radius 1 is 0.958 bits per heavy atom. The lowest BCUT2D eigenvalue weighted by atomic mass is 10.2. The summed E-state index contributed by atoms with van der Waals surface area (Å²) in [6.45, 7) is 0.527. The van der Waals surface area contributed by atoms with E-state index in [2.05, 4.69) is 5.10 Å². The highest BCUT2D eigenvalue weighted by molar-refractivity contribution is 6.30. The Hall–Kier alpha value is -2.01. The average molecular weight is 363 g/mol. The maximum absolute atomic E-state index is 10.1. The van der Waals surface area contributed by atoms with Crippen molar-refractivity contribution in [3.8, 4) is 17.0 Å². The van der Waals surface area contributed by atoms with E-state index in [0.29, 0.717) is 22.3 Å². The van der Waals surface area contributed by atoms with Gasteiger partial charge >= 0.3 is 0 Å². The lowest BCUT2D eigenvalue weighted by Gasteiger charge is -2.12. The highest BCUT2D eigenvalue weighted by atomic mass is 35.5. The van der Waals surface area contributed by atoms with Crippen LogP contribution in [0.4, 0.5) is 0 Å². The maximum atomic E-state index is 10.1. The van der Waals surface area contributed by atoms with Crippen molar-refractivity contribution in [3.63, 3.8) is 0 Å². The maximum Gasteiger partial charge on any atom is 0.119 e. The Balaban J connectivity index is 1.55. The van der Waals surface area contributed by atoms with Crippen LogP contribution in [0, 0.1) is 0 Å². The molecule has 0 fully saturated rings. The largest absolute Gasteiger partial charge is 0.491 e. The minimum absolute atomic E-state index is 0.178. The number of hydrogen-bond acceptors (Lipinski definition) is 3. The van der Waals surface area contributed by atoms with E-state index in [4.69, 9.17) is 27.9 Å². The number of aromatic nitrogens is 2. The Morgan fingerprint density at radius 2 is 1.58 bits per heavy atom. The molecule has 0 aliphatic carbocycles. The van der Waals surface area contributed by atoms with Crippen LogP contribution in [0.5, 0.6) is 5.75 Å². The van der Waals surface area contributed by atoms with Gasteiger partial charge in [0.05, 0.1) is 12.2 Å². The van der Waals surface area contributed by atoms with Gasteiger partial charge in [-0.2, -0.15) is 5.10 Å². The summed E-state index contributed by atoms with van der Waals surface area (Å²) in [5.74, 6) is 0.667. The first-order valence-corrected chi connectivity index (χ1v) is 8.21. The molecule has 124 valence electrons. The number of hydrogen-bond donors (Lipinski definition) is 1. The molecule has 0 amide bonds. The van der Waals surface area contributed by atoms with E-state index >= 15 is 0 Å². The van der Waals surface area contributed by atoms with E-state index in [-0.39, 0.29) is 6.61 Å². The predicted octanol–water partition coefficient (Wildman–Crippen LogP) is 4.30. The molecule has 24 heavy (non-hydrogen) atoms. The van der Waals surface area contributed by atoms with Crippen LogP contribution in [-0.2, 0) is 6.54 Å². The quantitative estimate of drug-likeness (QED) is 0.711. The van der Waals surface area contributed by atoms with Gasteiger partial charge in [-0.15, -0.1) is 0 Å². The minimum atomic E-state index is -0.668. The van der Waals surface area contributed by atoms with Crippen molar-refractivity contribution >= 4 is 23.2 Å². The first-order valence-electron chi connectivity index (χ1n) is 7.46. The fraction of sp³-hybridized carbons (Fsp3) is 0.167. The zero-order valence-corrected chi connectivity index (χ0v) is 14.3. The second-order valence-electron chi connectivity index (χ2n) is 5.35. The van der Waals surface area contributed by atoms with E-state index in [1.54, 1.807) is 28.9 Å².